The Morgan fingerprint density at radius 2 is 1.83 bits per heavy atom. The standard InChI is InChI=1S/C18H17N3OS/c22-17(11-16-7-4-10-23-16)19-9-8-14-12-20-18(21-13-14)15-5-2-1-3-6-15/h1-7,10,12-13H,8-9,11H2,(H,19,22). The molecule has 0 fully saturated rings. The van der Waals surface area contributed by atoms with E-state index in [4.69, 9.17) is 0 Å². The Kier molecular flexibility index (Phi) is 5.11. The predicted octanol–water partition coefficient (Wildman–Crippen LogP) is 3.11. The Morgan fingerprint density at radius 1 is 1.04 bits per heavy atom. The van der Waals surface area contributed by atoms with Crippen molar-refractivity contribution in [3.05, 3.63) is 70.7 Å². The number of aromatic nitrogens is 2. The van der Waals surface area contributed by atoms with Crippen molar-refractivity contribution in [2.24, 2.45) is 0 Å². The zero-order valence-electron chi connectivity index (χ0n) is 12.6. The second kappa shape index (κ2) is 7.65. The van der Waals surface area contributed by atoms with Gasteiger partial charge in [0.1, 0.15) is 0 Å². The third-order valence-electron chi connectivity index (χ3n) is 3.39. The summed E-state index contributed by atoms with van der Waals surface area (Å²) >= 11 is 1.60. The van der Waals surface area contributed by atoms with Crippen molar-refractivity contribution in [1.29, 1.82) is 0 Å². The molecule has 0 spiro atoms. The number of amides is 1. The van der Waals surface area contributed by atoms with Crippen molar-refractivity contribution in [2.45, 2.75) is 12.8 Å². The molecule has 0 aliphatic carbocycles. The molecule has 0 saturated heterocycles. The van der Waals surface area contributed by atoms with Crippen molar-refractivity contribution < 1.29 is 4.79 Å². The number of hydrogen-bond donors (Lipinski definition) is 1. The minimum absolute atomic E-state index is 0.0503. The number of hydrogen-bond acceptors (Lipinski definition) is 4. The third-order valence-corrected chi connectivity index (χ3v) is 4.26. The summed E-state index contributed by atoms with van der Waals surface area (Å²) in [5.74, 6) is 0.769. The van der Waals surface area contributed by atoms with Crippen molar-refractivity contribution in [1.82, 2.24) is 15.3 Å². The molecule has 23 heavy (non-hydrogen) atoms. The Labute approximate surface area is 139 Å². The summed E-state index contributed by atoms with van der Waals surface area (Å²) in [4.78, 5) is 21.7. The second-order valence-electron chi connectivity index (χ2n) is 5.14. The zero-order chi connectivity index (χ0) is 15.9. The Hall–Kier alpha value is -2.53. The molecule has 3 rings (SSSR count). The summed E-state index contributed by atoms with van der Waals surface area (Å²) in [7, 11) is 0. The van der Waals surface area contributed by atoms with Gasteiger partial charge in [-0.3, -0.25) is 4.79 Å². The van der Waals surface area contributed by atoms with Gasteiger partial charge >= 0.3 is 0 Å². The monoisotopic (exact) mass is 323 g/mol. The number of benzene rings is 1. The highest BCUT2D eigenvalue weighted by atomic mass is 32.1. The first-order valence-corrected chi connectivity index (χ1v) is 8.34. The van der Waals surface area contributed by atoms with E-state index in [1.165, 1.54) is 0 Å². The zero-order valence-corrected chi connectivity index (χ0v) is 13.4. The van der Waals surface area contributed by atoms with Crippen LogP contribution in [-0.4, -0.2) is 22.4 Å². The van der Waals surface area contributed by atoms with E-state index in [-0.39, 0.29) is 5.91 Å². The Morgan fingerprint density at radius 3 is 2.52 bits per heavy atom. The van der Waals surface area contributed by atoms with E-state index in [9.17, 15) is 4.79 Å². The molecule has 1 amide bonds. The van der Waals surface area contributed by atoms with Crippen LogP contribution in [0.1, 0.15) is 10.4 Å². The smallest absolute Gasteiger partial charge is 0.225 e. The molecule has 2 heterocycles. The summed E-state index contributed by atoms with van der Waals surface area (Å²) in [5.41, 5.74) is 2.02. The number of carbonyl (C=O) groups excluding carboxylic acids is 1. The molecule has 0 aliphatic heterocycles. The largest absolute Gasteiger partial charge is 0.355 e. The van der Waals surface area contributed by atoms with Gasteiger partial charge in [-0.1, -0.05) is 36.4 Å². The Balaban J connectivity index is 1.48. The molecule has 2 aromatic heterocycles. The lowest BCUT2D eigenvalue weighted by atomic mass is 10.2. The highest BCUT2D eigenvalue weighted by Crippen LogP contribution is 2.13. The lowest BCUT2D eigenvalue weighted by Crippen LogP contribution is -2.27. The normalized spacial score (nSPS) is 10.4. The van der Waals surface area contributed by atoms with E-state index in [2.05, 4.69) is 15.3 Å². The quantitative estimate of drug-likeness (QED) is 0.758. The molecule has 4 nitrogen and oxygen atoms in total. The number of carbonyl (C=O) groups is 1. The molecule has 0 saturated carbocycles. The summed E-state index contributed by atoms with van der Waals surface area (Å²) in [6.45, 7) is 0.595. The van der Waals surface area contributed by atoms with E-state index in [0.29, 0.717) is 13.0 Å². The maximum Gasteiger partial charge on any atom is 0.225 e. The molecule has 5 heteroatoms. The molecule has 0 radical (unpaired) electrons. The fourth-order valence-corrected chi connectivity index (χ4v) is 2.90. The van der Waals surface area contributed by atoms with Gasteiger partial charge in [0.05, 0.1) is 6.42 Å². The van der Waals surface area contributed by atoms with Gasteiger partial charge in [-0.2, -0.15) is 0 Å². The van der Waals surface area contributed by atoms with Crippen LogP contribution < -0.4 is 5.32 Å². The average Bonchev–Trinajstić information content (AvgIpc) is 3.09. The van der Waals surface area contributed by atoms with Crippen LogP contribution in [0, 0.1) is 0 Å². The number of thiophene rings is 1. The highest BCUT2D eigenvalue weighted by molar-refractivity contribution is 7.10. The topological polar surface area (TPSA) is 54.9 Å². The summed E-state index contributed by atoms with van der Waals surface area (Å²) in [5, 5.41) is 4.91. The molecule has 0 atom stereocenters. The molecular formula is C18H17N3OS. The van der Waals surface area contributed by atoms with Crippen LogP contribution in [0.25, 0.3) is 11.4 Å². The number of nitrogens with one attached hydrogen (secondary N) is 1. The van der Waals surface area contributed by atoms with Crippen molar-refractivity contribution >= 4 is 17.2 Å². The Bertz CT molecular complexity index is 740. The number of nitrogens with zero attached hydrogens (tertiary/aromatic N) is 2. The van der Waals surface area contributed by atoms with Crippen LogP contribution in [0.2, 0.25) is 0 Å². The van der Waals surface area contributed by atoms with E-state index < -0.39 is 0 Å². The second-order valence-corrected chi connectivity index (χ2v) is 6.17. The van der Waals surface area contributed by atoms with E-state index in [1.54, 1.807) is 11.3 Å². The van der Waals surface area contributed by atoms with Crippen molar-refractivity contribution in [2.75, 3.05) is 6.54 Å². The van der Waals surface area contributed by atoms with Gasteiger partial charge in [0.2, 0.25) is 5.91 Å². The molecule has 116 valence electrons. The molecule has 1 aromatic carbocycles. The maximum atomic E-state index is 11.8. The van der Waals surface area contributed by atoms with Crippen LogP contribution in [0.3, 0.4) is 0 Å². The minimum Gasteiger partial charge on any atom is -0.355 e. The van der Waals surface area contributed by atoms with Gasteiger partial charge in [0.15, 0.2) is 5.82 Å². The first kappa shape index (κ1) is 15.4. The lowest BCUT2D eigenvalue weighted by molar-refractivity contribution is -0.120. The van der Waals surface area contributed by atoms with Gasteiger partial charge in [-0.15, -0.1) is 11.3 Å². The van der Waals surface area contributed by atoms with E-state index >= 15 is 0 Å². The number of rotatable bonds is 6. The van der Waals surface area contributed by atoms with Crippen LogP contribution in [-0.2, 0) is 17.6 Å². The van der Waals surface area contributed by atoms with Gasteiger partial charge in [-0.05, 0) is 23.4 Å². The van der Waals surface area contributed by atoms with E-state index in [0.717, 1.165) is 28.2 Å². The van der Waals surface area contributed by atoms with Gasteiger partial charge in [-0.25, -0.2) is 9.97 Å². The first-order valence-electron chi connectivity index (χ1n) is 7.47. The fourth-order valence-electron chi connectivity index (χ4n) is 2.20. The molecular weight excluding hydrogens is 306 g/mol. The average molecular weight is 323 g/mol. The van der Waals surface area contributed by atoms with Crippen LogP contribution >= 0.6 is 11.3 Å². The highest BCUT2D eigenvalue weighted by Gasteiger charge is 2.04. The molecule has 0 bridgehead atoms. The lowest BCUT2D eigenvalue weighted by Gasteiger charge is -2.05. The van der Waals surface area contributed by atoms with Crippen molar-refractivity contribution in [3.63, 3.8) is 0 Å². The van der Waals surface area contributed by atoms with Gasteiger partial charge in [0, 0.05) is 29.4 Å². The fraction of sp³-hybridized carbons (Fsp3) is 0.167. The summed E-state index contributed by atoms with van der Waals surface area (Å²) < 4.78 is 0. The summed E-state index contributed by atoms with van der Waals surface area (Å²) in [6.07, 6.45) is 4.81. The third kappa shape index (κ3) is 4.47. The van der Waals surface area contributed by atoms with Gasteiger partial charge < -0.3 is 5.32 Å². The van der Waals surface area contributed by atoms with Crippen LogP contribution in [0.5, 0.6) is 0 Å². The predicted molar refractivity (Wildman–Crippen MR) is 92.2 cm³/mol. The van der Waals surface area contributed by atoms with Gasteiger partial charge in [0.25, 0.3) is 0 Å². The van der Waals surface area contributed by atoms with E-state index in [1.807, 2.05) is 60.2 Å². The molecule has 0 unspecified atom stereocenters. The maximum absolute atomic E-state index is 11.8. The SMILES string of the molecule is O=C(Cc1cccs1)NCCc1cnc(-c2ccccc2)nc1. The van der Waals surface area contributed by atoms with Crippen LogP contribution in [0.4, 0.5) is 0 Å². The molecule has 1 N–H and O–H groups in total. The summed E-state index contributed by atoms with van der Waals surface area (Å²) in [6, 6.07) is 13.8. The molecule has 3 aromatic rings. The first-order chi connectivity index (χ1) is 11.3. The van der Waals surface area contributed by atoms with Crippen molar-refractivity contribution in [3.8, 4) is 11.4 Å². The molecule has 0 aliphatic rings. The minimum atomic E-state index is 0.0503. The van der Waals surface area contributed by atoms with Crippen LogP contribution in [0.15, 0.2) is 60.2 Å².